The van der Waals surface area contributed by atoms with Crippen LogP contribution in [0.1, 0.15) is 18.9 Å². The molecule has 0 saturated heterocycles. The Labute approximate surface area is 125 Å². The number of esters is 1. The average molecular weight is 281 g/mol. The molecule has 3 nitrogen and oxygen atoms in total. The molecule has 2 rings (SSSR count). The van der Waals surface area contributed by atoms with E-state index in [-0.39, 0.29) is 5.97 Å². The van der Waals surface area contributed by atoms with Crippen LogP contribution in [0.15, 0.2) is 60.7 Å². The van der Waals surface area contributed by atoms with Crippen molar-refractivity contribution in [3.05, 3.63) is 66.2 Å². The van der Waals surface area contributed by atoms with Crippen LogP contribution in [0.2, 0.25) is 0 Å². The van der Waals surface area contributed by atoms with Gasteiger partial charge in [0.1, 0.15) is 0 Å². The first-order valence-corrected chi connectivity index (χ1v) is 7.02. The molecule has 108 valence electrons. The predicted octanol–water partition coefficient (Wildman–Crippen LogP) is 4.40. The second kappa shape index (κ2) is 7.90. The monoisotopic (exact) mass is 281 g/mol. The van der Waals surface area contributed by atoms with E-state index in [0.717, 1.165) is 16.9 Å². The number of carbonyl (C=O) groups excluding carboxylic acids is 1. The third kappa shape index (κ3) is 5.15. The van der Waals surface area contributed by atoms with E-state index in [1.165, 1.54) is 0 Å². The van der Waals surface area contributed by atoms with Crippen molar-refractivity contribution in [2.24, 2.45) is 0 Å². The first-order valence-electron chi connectivity index (χ1n) is 7.02. The number of hydrogen-bond donors (Lipinski definition) is 1. The molecule has 0 atom stereocenters. The summed E-state index contributed by atoms with van der Waals surface area (Å²) in [6, 6.07) is 18.0. The Morgan fingerprint density at radius 3 is 2.62 bits per heavy atom. The van der Waals surface area contributed by atoms with Crippen molar-refractivity contribution in [3.8, 4) is 0 Å². The Kier molecular flexibility index (Phi) is 5.59. The Morgan fingerprint density at radius 1 is 1.10 bits per heavy atom. The van der Waals surface area contributed by atoms with Gasteiger partial charge in [0.05, 0.1) is 13.0 Å². The molecule has 0 aliphatic rings. The third-order valence-corrected chi connectivity index (χ3v) is 2.85. The zero-order chi connectivity index (χ0) is 14.9. The molecule has 0 amide bonds. The van der Waals surface area contributed by atoms with Gasteiger partial charge in [0.15, 0.2) is 0 Å². The lowest BCUT2D eigenvalue weighted by Crippen LogP contribution is -2.01. The molecule has 0 saturated carbocycles. The zero-order valence-electron chi connectivity index (χ0n) is 12.1. The van der Waals surface area contributed by atoms with Crippen LogP contribution in [0.5, 0.6) is 0 Å². The van der Waals surface area contributed by atoms with Gasteiger partial charge in [-0.3, -0.25) is 4.79 Å². The molecular formula is C18H19NO2. The summed E-state index contributed by atoms with van der Waals surface area (Å²) in [5, 5.41) is 3.34. The minimum atomic E-state index is -0.202. The van der Waals surface area contributed by atoms with Gasteiger partial charge in [0.25, 0.3) is 0 Å². The highest BCUT2D eigenvalue weighted by atomic mass is 16.5. The third-order valence-electron chi connectivity index (χ3n) is 2.85. The first kappa shape index (κ1) is 14.9. The fourth-order valence-corrected chi connectivity index (χ4v) is 1.92. The Balaban J connectivity index is 1.98. The van der Waals surface area contributed by atoms with Gasteiger partial charge in [-0.1, -0.05) is 42.5 Å². The summed E-state index contributed by atoms with van der Waals surface area (Å²) in [4.78, 5) is 11.3. The van der Waals surface area contributed by atoms with Gasteiger partial charge in [0.2, 0.25) is 0 Å². The van der Waals surface area contributed by atoms with Crippen molar-refractivity contribution < 1.29 is 9.53 Å². The van der Waals surface area contributed by atoms with Gasteiger partial charge < -0.3 is 10.1 Å². The Bertz CT molecular complexity index is 606. The van der Waals surface area contributed by atoms with E-state index in [9.17, 15) is 4.79 Å². The lowest BCUT2D eigenvalue weighted by molar-refractivity contribution is -0.142. The van der Waals surface area contributed by atoms with Crippen LogP contribution in [0.25, 0.3) is 6.08 Å². The van der Waals surface area contributed by atoms with Gasteiger partial charge in [-0.05, 0) is 36.8 Å². The highest BCUT2D eigenvalue weighted by Gasteiger charge is 1.97. The van der Waals surface area contributed by atoms with Crippen molar-refractivity contribution in [2.75, 3.05) is 11.9 Å². The van der Waals surface area contributed by atoms with Crippen molar-refractivity contribution >= 4 is 23.4 Å². The number of carbonyl (C=O) groups is 1. The lowest BCUT2D eigenvalue weighted by Gasteiger charge is -2.06. The number of ether oxygens (including phenoxy) is 1. The summed E-state index contributed by atoms with van der Waals surface area (Å²) >= 11 is 0. The molecule has 0 spiro atoms. The molecule has 0 aliphatic carbocycles. The standard InChI is InChI=1S/C18H19NO2/c1-2-21-18(20)13-7-9-15-8-6-12-17(14-15)19-16-10-4-3-5-11-16/h3-12,14,19H,2,13H2,1H3. The van der Waals surface area contributed by atoms with E-state index in [1.807, 2.05) is 66.7 Å². The summed E-state index contributed by atoms with van der Waals surface area (Å²) in [6.45, 7) is 2.23. The van der Waals surface area contributed by atoms with Gasteiger partial charge in [-0.15, -0.1) is 0 Å². The maximum Gasteiger partial charge on any atom is 0.309 e. The number of para-hydroxylation sites is 1. The molecule has 2 aromatic rings. The molecule has 3 heteroatoms. The van der Waals surface area contributed by atoms with Crippen LogP contribution in [0.4, 0.5) is 11.4 Å². The molecule has 0 heterocycles. The van der Waals surface area contributed by atoms with Crippen molar-refractivity contribution in [2.45, 2.75) is 13.3 Å². The molecule has 0 unspecified atom stereocenters. The minimum absolute atomic E-state index is 0.202. The molecule has 0 aromatic heterocycles. The minimum Gasteiger partial charge on any atom is -0.466 e. The van der Waals surface area contributed by atoms with E-state index < -0.39 is 0 Å². The summed E-state index contributed by atoms with van der Waals surface area (Å²) in [5.74, 6) is -0.202. The summed E-state index contributed by atoms with van der Waals surface area (Å²) in [6.07, 6.45) is 4.04. The molecular weight excluding hydrogens is 262 g/mol. The number of benzene rings is 2. The highest BCUT2D eigenvalue weighted by molar-refractivity contribution is 5.73. The van der Waals surface area contributed by atoms with Crippen LogP contribution in [0.3, 0.4) is 0 Å². The molecule has 1 N–H and O–H groups in total. The maximum atomic E-state index is 11.3. The lowest BCUT2D eigenvalue weighted by atomic mass is 10.1. The van der Waals surface area contributed by atoms with Crippen molar-refractivity contribution in [1.82, 2.24) is 0 Å². The second-order valence-electron chi connectivity index (χ2n) is 4.53. The molecule has 0 fully saturated rings. The normalized spacial score (nSPS) is 10.5. The molecule has 21 heavy (non-hydrogen) atoms. The van der Waals surface area contributed by atoms with E-state index in [4.69, 9.17) is 4.74 Å². The maximum absolute atomic E-state index is 11.3. The number of anilines is 2. The van der Waals surface area contributed by atoms with Gasteiger partial charge >= 0.3 is 5.97 Å². The smallest absolute Gasteiger partial charge is 0.309 e. The number of nitrogens with one attached hydrogen (secondary N) is 1. The number of rotatable bonds is 6. The Hall–Kier alpha value is -2.55. The summed E-state index contributed by atoms with van der Waals surface area (Å²) < 4.78 is 4.88. The van der Waals surface area contributed by atoms with Crippen LogP contribution < -0.4 is 5.32 Å². The van der Waals surface area contributed by atoms with Crippen LogP contribution in [-0.2, 0) is 9.53 Å². The van der Waals surface area contributed by atoms with Crippen LogP contribution in [-0.4, -0.2) is 12.6 Å². The van der Waals surface area contributed by atoms with E-state index >= 15 is 0 Å². The predicted molar refractivity (Wildman–Crippen MR) is 86.5 cm³/mol. The van der Waals surface area contributed by atoms with Gasteiger partial charge in [0, 0.05) is 11.4 Å². The van der Waals surface area contributed by atoms with E-state index in [1.54, 1.807) is 6.92 Å². The van der Waals surface area contributed by atoms with Gasteiger partial charge in [-0.2, -0.15) is 0 Å². The summed E-state index contributed by atoms with van der Waals surface area (Å²) in [7, 11) is 0. The fourth-order valence-electron chi connectivity index (χ4n) is 1.92. The molecule has 2 aromatic carbocycles. The van der Waals surface area contributed by atoms with Crippen LogP contribution >= 0.6 is 0 Å². The van der Waals surface area contributed by atoms with Crippen LogP contribution in [0, 0.1) is 0 Å². The highest BCUT2D eigenvalue weighted by Crippen LogP contribution is 2.18. The quantitative estimate of drug-likeness (QED) is 0.798. The molecule has 0 radical (unpaired) electrons. The Morgan fingerprint density at radius 2 is 1.86 bits per heavy atom. The zero-order valence-corrected chi connectivity index (χ0v) is 12.1. The SMILES string of the molecule is CCOC(=O)CC=Cc1cccc(Nc2ccccc2)c1. The summed E-state index contributed by atoms with van der Waals surface area (Å²) in [5.41, 5.74) is 3.10. The first-order chi connectivity index (χ1) is 10.3. The molecule has 0 aliphatic heterocycles. The topological polar surface area (TPSA) is 38.3 Å². The largest absolute Gasteiger partial charge is 0.466 e. The van der Waals surface area contributed by atoms with E-state index in [2.05, 4.69) is 5.32 Å². The van der Waals surface area contributed by atoms with Crippen molar-refractivity contribution in [3.63, 3.8) is 0 Å². The fraction of sp³-hybridized carbons (Fsp3) is 0.167. The number of hydrogen-bond acceptors (Lipinski definition) is 3. The van der Waals surface area contributed by atoms with Gasteiger partial charge in [-0.25, -0.2) is 0 Å². The average Bonchev–Trinajstić information content (AvgIpc) is 2.49. The van der Waals surface area contributed by atoms with Crippen molar-refractivity contribution in [1.29, 1.82) is 0 Å². The van der Waals surface area contributed by atoms with E-state index in [0.29, 0.717) is 13.0 Å². The second-order valence-corrected chi connectivity index (χ2v) is 4.53. The molecule has 0 bridgehead atoms.